The fourth-order valence-electron chi connectivity index (χ4n) is 12.4. The molecular formula is C70H67BN4. The zero-order chi connectivity index (χ0) is 52.1. The van der Waals surface area contributed by atoms with Crippen LogP contribution in [0, 0.1) is 0 Å². The number of anilines is 6. The molecule has 4 heterocycles. The summed E-state index contributed by atoms with van der Waals surface area (Å²) in [5, 5.41) is 5.17. The molecule has 0 radical (unpaired) electrons. The number of nitrogens with zero attached hydrogens (tertiary/aromatic N) is 4. The first-order valence-electron chi connectivity index (χ1n) is 27.0. The molecule has 4 nitrogen and oxygen atoms in total. The third-order valence-corrected chi connectivity index (χ3v) is 16.5. The molecule has 2 aromatic heterocycles. The third kappa shape index (κ3) is 7.40. The van der Waals surface area contributed by atoms with E-state index in [1.807, 2.05) is 0 Å². The lowest BCUT2D eigenvalue weighted by molar-refractivity contribution is 0.590. The molecule has 0 spiro atoms. The molecular weight excluding hydrogens is 908 g/mol. The predicted octanol–water partition coefficient (Wildman–Crippen LogP) is 17.2. The minimum absolute atomic E-state index is 0.0153. The van der Waals surface area contributed by atoms with Gasteiger partial charge in [-0.1, -0.05) is 162 Å². The van der Waals surface area contributed by atoms with Crippen LogP contribution in [-0.2, 0) is 21.7 Å². The van der Waals surface area contributed by atoms with E-state index in [9.17, 15) is 0 Å². The summed E-state index contributed by atoms with van der Waals surface area (Å²) in [5.41, 5.74) is 23.5. The molecule has 0 N–H and O–H groups in total. The molecule has 75 heavy (non-hydrogen) atoms. The van der Waals surface area contributed by atoms with E-state index in [4.69, 9.17) is 0 Å². The monoisotopic (exact) mass is 975 g/mol. The molecule has 0 fully saturated rings. The van der Waals surface area contributed by atoms with Crippen LogP contribution < -0.4 is 26.2 Å². The van der Waals surface area contributed by atoms with Crippen LogP contribution in [-0.4, -0.2) is 15.8 Å². The normalized spacial score (nSPS) is 13.8. The molecule has 0 saturated heterocycles. The second kappa shape index (κ2) is 16.4. The Hall–Kier alpha value is -7.76. The molecule has 9 aromatic carbocycles. The van der Waals surface area contributed by atoms with Crippen LogP contribution in [0.2, 0.25) is 0 Å². The molecule has 0 bridgehead atoms. The molecule has 0 amide bonds. The number of benzene rings is 9. The van der Waals surface area contributed by atoms with Gasteiger partial charge >= 0.3 is 0 Å². The van der Waals surface area contributed by atoms with E-state index < -0.39 is 0 Å². The van der Waals surface area contributed by atoms with Crippen LogP contribution in [0.4, 0.5) is 34.1 Å². The van der Waals surface area contributed by atoms with E-state index in [0.717, 1.165) is 22.7 Å². The highest BCUT2D eigenvalue weighted by Gasteiger charge is 2.43. The van der Waals surface area contributed by atoms with Crippen molar-refractivity contribution in [2.24, 2.45) is 0 Å². The van der Waals surface area contributed by atoms with Gasteiger partial charge in [0.1, 0.15) is 0 Å². The number of hydrogen-bond donors (Lipinski definition) is 0. The molecule has 2 aliphatic rings. The van der Waals surface area contributed by atoms with E-state index in [1.54, 1.807) is 0 Å². The smallest absolute Gasteiger partial charge is 0.252 e. The second-order valence-electron chi connectivity index (χ2n) is 25.6. The van der Waals surface area contributed by atoms with E-state index in [-0.39, 0.29) is 28.4 Å². The van der Waals surface area contributed by atoms with Gasteiger partial charge in [0, 0.05) is 67.0 Å². The standard InChI is InChI=1S/C70H67BN4/c1-67(2,3)44-26-34-58-52(38-44)53-39-45(68(4,5)6)27-35-59(53)74(58)50-30-32-56-64(42-50)72(48-20-15-13-16-21-48)62-24-19-25-63-66(62)71(56)57-33-31-51(43-65(57)73(63)49-22-17-14-18-23-49)75-60-36-28-46(69(7,8)9)40-54(60)55-41-47(70(10,11)12)29-37-61(55)75/h13-43H,1-12H3. The molecule has 5 heteroatoms. The van der Waals surface area contributed by atoms with Crippen LogP contribution in [0.5, 0.6) is 0 Å². The lowest BCUT2D eigenvalue weighted by Gasteiger charge is -2.44. The first-order valence-corrected chi connectivity index (χ1v) is 27.0. The van der Waals surface area contributed by atoms with Gasteiger partial charge in [0.05, 0.1) is 22.1 Å². The van der Waals surface area contributed by atoms with Crippen LogP contribution >= 0.6 is 0 Å². The maximum absolute atomic E-state index is 2.52. The molecule has 0 saturated carbocycles. The Bertz CT molecular complexity index is 3700. The zero-order valence-electron chi connectivity index (χ0n) is 45.8. The highest BCUT2D eigenvalue weighted by atomic mass is 15.2. The van der Waals surface area contributed by atoms with Crippen molar-refractivity contribution in [2.75, 3.05) is 9.80 Å². The predicted molar refractivity (Wildman–Crippen MR) is 324 cm³/mol. The van der Waals surface area contributed by atoms with Crippen molar-refractivity contribution < 1.29 is 0 Å². The van der Waals surface area contributed by atoms with Crippen molar-refractivity contribution in [3.8, 4) is 11.4 Å². The van der Waals surface area contributed by atoms with E-state index in [1.165, 1.54) is 105 Å². The lowest BCUT2D eigenvalue weighted by Crippen LogP contribution is -2.61. The highest BCUT2D eigenvalue weighted by Crippen LogP contribution is 2.47. The quantitative estimate of drug-likeness (QED) is 0.163. The largest absolute Gasteiger partial charge is 0.311 e. The number of fused-ring (bicyclic) bond motifs is 10. The molecule has 0 unspecified atom stereocenters. The van der Waals surface area contributed by atoms with Gasteiger partial charge in [-0.2, -0.15) is 0 Å². The Morgan fingerprint density at radius 1 is 0.280 bits per heavy atom. The van der Waals surface area contributed by atoms with Gasteiger partial charge in [0.15, 0.2) is 0 Å². The highest BCUT2D eigenvalue weighted by molar-refractivity contribution is 7.00. The number of hydrogen-bond acceptors (Lipinski definition) is 2. The Kier molecular flexibility index (Phi) is 10.3. The summed E-state index contributed by atoms with van der Waals surface area (Å²) in [4.78, 5) is 5.05. The van der Waals surface area contributed by atoms with Crippen LogP contribution in [0.15, 0.2) is 188 Å². The minimum atomic E-state index is -0.0344. The summed E-state index contributed by atoms with van der Waals surface area (Å²) >= 11 is 0. The van der Waals surface area contributed by atoms with Crippen molar-refractivity contribution in [3.63, 3.8) is 0 Å². The molecule has 370 valence electrons. The average molecular weight is 975 g/mol. The fraction of sp³-hybridized carbons (Fsp3) is 0.229. The number of rotatable bonds is 4. The molecule has 11 aromatic rings. The van der Waals surface area contributed by atoms with Crippen LogP contribution in [0.25, 0.3) is 55.0 Å². The number of para-hydroxylation sites is 2. The maximum atomic E-state index is 2.52. The Morgan fingerprint density at radius 3 is 0.907 bits per heavy atom. The minimum Gasteiger partial charge on any atom is -0.311 e. The average Bonchev–Trinajstić information content (AvgIpc) is 3.92. The fourth-order valence-corrected chi connectivity index (χ4v) is 12.4. The summed E-state index contributed by atoms with van der Waals surface area (Å²) in [7, 11) is 0. The first-order chi connectivity index (χ1) is 35.7. The summed E-state index contributed by atoms with van der Waals surface area (Å²) in [6.45, 7) is 27.8. The van der Waals surface area contributed by atoms with Crippen molar-refractivity contribution in [2.45, 2.75) is 105 Å². The molecule has 0 atom stereocenters. The molecule has 0 aliphatic carbocycles. The topological polar surface area (TPSA) is 16.3 Å². The first kappa shape index (κ1) is 47.0. The van der Waals surface area contributed by atoms with Gasteiger partial charge in [-0.15, -0.1) is 0 Å². The van der Waals surface area contributed by atoms with E-state index in [2.05, 4.69) is 290 Å². The summed E-state index contributed by atoms with van der Waals surface area (Å²) in [6, 6.07) is 72.1. The van der Waals surface area contributed by atoms with Crippen molar-refractivity contribution in [3.05, 3.63) is 210 Å². The second-order valence-corrected chi connectivity index (χ2v) is 25.6. The van der Waals surface area contributed by atoms with Crippen molar-refractivity contribution >= 4 is 101 Å². The Balaban J connectivity index is 1.07. The van der Waals surface area contributed by atoms with Crippen LogP contribution in [0.3, 0.4) is 0 Å². The van der Waals surface area contributed by atoms with Gasteiger partial charge in [-0.25, -0.2) is 0 Å². The molecule has 2 aliphatic heterocycles. The maximum Gasteiger partial charge on any atom is 0.252 e. The number of aromatic nitrogens is 2. The Morgan fingerprint density at radius 2 is 0.600 bits per heavy atom. The van der Waals surface area contributed by atoms with Gasteiger partial charge < -0.3 is 18.9 Å². The van der Waals surface area contributed by atoms with Gasteiger partial charge in [0.25, 0.3) is 6.71 Å². The van der Waals surface area contributed by atoms with Crippen molar-refractivity contribution in [1.82, 2.24) is 9.13 Å². The van der Waals surface area contributed by atoms with Gasteiger partial charge in [0.2, 0.25) is 0 Å². The van der Waals surface area contributed by atoms with Crippen LogP contribution in [0.1, 0.15) is 105 Å². The van der Waals surface area contributed by atoms with Gasteiger partial charge in [-0.3, -0.25) is 0 Å². The summed E-state index contributed by atoms with van der Waals surface area (Å²) < 4.78 is 5.02. The molecule has 13 rings (SSSR count). The van der Waals surface area contributed by atoms with E-state index >= 15 is 0 Å². The zero-order valence-corrected chi connectivity index (χ0v) is 45.8. The summed E-state index contributed by atoms with van der Waals surface area (Å²) in [5.74, 6) is 0. The van der Waals surface area contributed by atoms with E-state index in [0.29, 0.717) is 0 Å². The lowest BCUT2D eigenvalue weighted by atomic mass is 9.33. The van der Waals surface area contributed by atoms with Gasteiger partial charge in [-0.05, 0) is 169 Å². The third-order valence-electron chi connectivity index (χ3n) is 16.5. The summed E-state index contributed by atoms with van der Waals surface area (Å²) in [6.07, 6.45) is 0. The van der Waals surface area contributed by atoms with Crippen molar-refractivity contribution in [1.29, 1.82) is 0 Å². The Labute approximate surface area is 444 Å². The SMILES string of the molecule is CC(C)(C)c1ccc2c(c1)c1cc(C(C)(C)C)ccc1n2-c1ccc2c(c1)N(c1ccccc1)c1cccc3c1B2c1ccc(-n2c4ccc(C(C)(C)C)cc4c4cc(C(C)(C)C)ccc42)cc1N3c1ccccc1.